The van der Waals surface area contributed by atoms with Crippen LogP contribution in [0.2, 0.25) is 0 Å². The summed E-state index contributed by atoms with van der Waals surface area (Å²) in [7, 11) is 0. The molecule has 1 heterocycles. The molecule has 66 valence electrons. The van der Waals surface area contributed by atoms with E-state index in [1.807, 2.05) is 0 Å². The van der Waals surface area contributed by atoms with Gasteiger partial charge in [0.1, 0.15) is 11.8 Å². The predicted molar refractivity (Wildman–Crippen MR) is 46.2 cm³/mol. The molecule has 0 saturated heterocycles. The normalized spacial score (nSPS) is 15.8. The van der Waals surface area contributed by atoms with Crippen LogP contribution in [0.3, 0.4) is 0 Å². The number of carbonyl (C=O) groups is 1. The van der Waals surface area contributed by atoms with Crippen molar-refractivity contribution < 1.29 is 9.53 Å². The first kappa shape index (κ1) is 9.06. The fraction of sp³-hybridized carbons (Fsp3) is 0.429. The topological polar surface area (TPSA) is 41.9 Å². The first-order valence-corrected chi connectivity index (χ1v) is 3.93. The highest BCUT2D eigenvalue weighted by molar-refractivity contribution is 6.68. The maximum absolute atomic E-state index is 11.0. The predicted octanol–water partition coefficient (Wildman–Crippen LogP) is 1.57. The molecule has 0 aromatic rings. The minimum absolute atomic E-state index is 0.230. The third-order valence-electron chi connectivity index (χ3n) is 1.27. The fourth-order valence-electron chi connectivity index (χ4n) is 0.720. The number of allylic oxidation sites excluding steroid dienone is 1. The van der Waals surface area contributed by atoms with Gasteiger partial charge in [0.2, 0.25) is 0 Å². The molecule has 1 amide bonds. The number of nitrogens with zero attached hydrogens (tertiary/aromatic N) is 2. The van der Waals surface area contributed by atoms with Crippen LogP contribution in [0.1, 0.15) is 6.92 Å². The van der Waals surface area contributed by atoms with Crippen molar-refractivity contribution in [1.29, 1.82) is 0 Å². The largest absolute Gasteiger partial charge is 0.449 e. The highest BCUT2D eigenvalue weighted by atomic mass is 35.5. The van der Waals surface area contributed by atoms with Crippen molar-refractivity contribution in [2.24, 2.45) is 4.99 Å². The van der Waals surface area contributed by atoms with E-state index in [4.69, 9.17) is 16.3 Å². The molecule has 0 spiro atoms. The Hall–Kier alpha value is -1.03. The number of halogens is 1. The summed E-state index contributed by atoms with van der Waals surface area (Å²) >= 11 is 5.55. The van der Waals surface area contributed by atoms with Crippen molar-refractivity contribution in [3.8, 4) is 0 Å². The van der Waals surface area contributed by atoms with E-state index in [1.54, 1.807) is 19.2 Å². The maximum Gasteiger partial charge on any atom is 0.415 e. The van der Waals surface area contributed by atoms with Crippen LogP contribution in [0.15, 0.2) is 17.3 Å². The lowest BCUT2D eigenvalue weighted by Gasteiger charge is -2.17. The Bertz CT molecular complexity index is 238. The van der Waals surface area contributed by atoms with Gasteiger partial charge in [-0.25, -0.2) is 4.79 Å². The van der Waals surface area contributed by atoms with Gasteiger partial charge in [0.05, 0.1) is 6.61 Å². The summed E-state index contributed by atoms with van der Waals surface area (Å²) in [5.41, 5.74) is 0. The van der Waals surface area contributed by atoms with E-state index in [-0.39, 0.29) is 6.67 Å². The van der Waals surface area contributed by atoms with Crippen molar-refractivity contribution in [3.63, 3.8) is 0 Å². The van der Waals surface area contributed by atoms with Crippen molar-refractivity contribution in [2.75, 3.05) is 13.3 Å². The summed E-state index contributed by atoms with van der Waals surface area (Å²) in [6, 6.07) is 0. The SMILES string of the molecule is CCOC(=O)N1C=CC(Cl)=NC1. The summed E-state index contributed by atoms with van der Waals surface area (Å²) in [6.07, 6.45) is 2.69. The molecule has 0 N–H and O–H groups in total. The second-order valence-corrected chi connectivity index (χ2v) is 2.49. The van der Waals surface area contributed by atoms with Gasteiger partial charge in [-0.3, -0.25) is 9.89 Å². The van der Waals surface area contributed by atoms with Crippen LogP contribution in [-0.4, -0.2) is 29.4 Å². The number of aliphatic imine (C=N–C) groups is 1. The Morgan fingerprint density at radius 2 is 2.67 bits per heavy atom. The van der Waals surface area contributed by atoms with Gasteiger partial charge in [-0.15, -0.1) is 0 Å². The third-order valence-corrected chi connectivity index (χ3v) is 1.51. The molecule has 5 heteroatoms. The van der Waals surface area contributed by atoms with Crippen LogP contribution in [0, 0.1) is 0 Å². The molecule has 1 rings (SSSR count). The monoisotopic (exact) mass is 188 g/mol. The molecule has 0 bridgehead atoms. The number of hydrogen-bond acceptors (Lipinski definition) is 3. The molecule has 1 aliphatic heterocycles. The van der Waals surface area contributed by atoms with Crippen molar-refractivity contribution in [2.45, 2.75) is 6.92 Å². The number of hydrogen-bond donors (Lipinski definition) is 0. The Morgan fingerprint density at radius 1 is 1.92 bits per heavy atom. The molecule has 12 heavy (non-hydrogen) atoms. The Kier molecular flexibility index (Phi) is 3.10. The van der Waals surface area contributed by atoms with E-state index in [0.717, 1.165) is 0 Å². The minimum atomic E-state index is -0.401. The van der Waals surface area contributed by atoms with Crippen molar-refractivity contribution >= 4 is 22.9 Å². The van der Waals surface area contributed by atoms with Crippen LogP contribution < -0.4 is 0 Å². The molecular formula is C7H9ClN2O2. The van der Waals surface area contributed by atoms with E-state index >= 15 is 0 Å². The Morgan fingerprint density at radius 3 is 3.17 bits per heavy atom. The first-order chi connectivity index (χ1) is 5.74. The van der Waals surface area contributed by atoms with Crippen molar-refractivity contribution in [3.05, 3.63) is 12.3 Å². The lowest BCUT2D eigenvalue weighted by molar-refractivity contribution is 0.123. The summed E-state index contributed by atoms with van der Waals surface area (Å²) in [5.74, 6) is 0. The molecule has 4 nitrogen and oxygen atoms in total. The van der Waals surface area contributed by atoms with Crippen LogP contribution in [0.25, 0.3) is 0 Å². The summed E-state index contributed by atoms with van der Waals surface area (Å²) in [5, 5.41) is 0.399. The molecule has 0 radical (unpaired) electrons. The highest BCUT2D eigenvalue weighted by Crippen LogP contribution is 2.03. The Balaban J connectivity index is 2.47. The zero-order valence-electron chi connectivity index (χ0n) is 6.66. The van der Waals surface area contributed by atoms with E-state index in [1.165, 1.54) is 4.90 Å². The van der Waals surface area contributed by atoms with Gasteiger partial charge in [-0.1, -0.05) is 11.6 Å². The van der Waals surface area contributed by atoms with Gasteiger partial charge >= 0.3 is 6.09 Å². The second-order valence-electron chi connectivity index (χ2n) is 2.11. The smallest absolute Gasteiger partial charge is 0.415 e. The quantitative estimate of drug-likeness (QED) is 0.627. The lowest BCUT2D eigenvalue weighted by atomic mass is 10.5. The third kappa shape index (κ3) is 2.23. The van der Waals surface area contributed by atoms with Crippen LogP contribution >= 0.6 is 11.6 Å². The van der Waals surface area contributed by atoms with Crippen LogP contribution in [0.5, 0.6) is 0 Å². The highest BCUT2D eigenvalue weighted by Gasteiger charge is 2.12. The molecule has 0 aliphatic carbocycles. The van der Waals surface area contributed by atoms with Gasteiger partial charge in [-0.05, 0) is 13.0 Å². The molecule has 0 aromatic heterocycles. The molecular weight excluding hydrogens is 180 g/mol. The zero-order valence-corrected chi connectivity index (χ0v) is 7.41. The summed E-state index contributed by atoms with van der Waals surface area (Å²) in [4.78, 5) is 16.2. The van der Waals surface area contributed by atoms with E-state index in [2.05, 4.69) is 4.99 Å². The van der Waals surface area contributed by atoms with Crippen LogP contribution in [0.4, 0.5) is 4.79 Å². The van der Waals surface area contributed by atoms with E-state index < -0.39 is 6.09 Å². The van der Waals surface area contributed by atoms with E-state index in [0.29, 0.717) is 11.8 Å². The van der Waals surface area contributed by atoms with E-state index in [9.17, 15) is 4.79 Å². The van der Waals surface area contributed by atoms with Gasteiger partial charge in [0, 0.05) is 6.20 Å². The molecule has 0 unspecified atom stereocenters. The standard InChI is InChI=1S/C7H9ClN2O2/c1-2-12-7(11)10-4-3-6(8)9-5-10/h3-4H,2,5H2,1H3. The van der Waals surface area contributed by atoms with Crippen LogP contribution in [-0.2, 0) is 4.74 Å². The number of rotatable bonds is 1. The summed E-state index contributed by atoms with van der Waals surface area (Å²) < 4.78 is 4.74. The average molecular weight is 189 g/mol. The van der Waals surface area contributed by atoms with Crippen molar-refractivity contribution in [1.82, 2.24) is 4.90 Å². The molecule has 0 fully saturated rings. The average Bonchev–Trinajstić information content (AvgIpc) is 2.06. The van der Waals surface area contributed by atoms with Gasteiger partial charge in [-0.2, -0.15) is 0 Å². The number of carbonyl (C=O) groups excluding carboxylic acids is 1. The first-order valence-electron chi connectivity index (χ1n) is 3.55. The summed E-state index contributed by atoms with van der Waals surface area (Å²) in [6.45, 7) is 2.34. The lowest BCUT2D eigenvalue weighted by Crippen LogP contribution is -2.28. The second kappa shape index (κ2) is 4.11. The number of amides is 1. The number of ether oxygens (including phenoxy) is 1. The van der Waals surface area contributed by atoms with Gasteiger partial charge in [0.15, 0.2) is 0 Å². The maximum atomic E-state index is 11.0. The molecule has 1 aliphatic rings. The molecule has 0 aromatic carbocycles. The zero-order chi connectivity index (χ0) is 8.97. The molecule has 0 saturated carbocycles. The minimum Gasteiger partial charge on any atom is -0.449 e. The van der Waals surface area contributed by atoms with Gasteiger partial charge in [0.25, 0.3) is 0 Å². The Labute approximate surface area is 75.5 Å². The van der Waals surface area contributed by atoms with Gasteiger partial charge < -0.3 is 4.74 Å². The molecule has 0 atom stereocenters. The fourth-order valence-corrected chi connectivity index (χ4v) is 0.830.